The summed E-state index contributed by atoms with van der Waals surface area (Å²) in [6, 6.07) is -2.13. The predicted octanol–water partition coefficient (Wildman–Crippen LogP) is 2.98. The Morgan fingerprint density at radius 1 is 0.607 bits per heavy atom. The van der Waals surface area contributed by atoms with Crippen molar-refractivity contribution in [1.29, 1.82) is 0 Å². The van der Waals surface area contributed by atoms with Crippen LogP contribution in [0.1, 0.15) is 62.3 Å². The Balaban J connectivity index is 0.000000143. The quantitative estimate of drug-likeness (QED) is 0.235. The van der Waals surface area contributed by atoms with Crippen LogP contribution in [0.3, 0.4) is 0 Å². The zero-order valence-electron chi connectivity index (χ0n) is 32.4. The van der Waals surface area contributed by atoms with Crippen LogP contribution in [0.25, 0.3) is 0 Å². The van der Waals surface area contributed by atoms with Gasteiger partial charge in [-0.1, -0.05) is 34.3 Å². The lowest BCUT2D eigenvalue weighted by Crippen LogP contribution is -2.66. The second-order valence-corrected chi connectivity index (χ2v) is 21.8. The number of thioether (sulfide) groups is 4. The number of amides is 4. The number of carbonyl (C=O) groups is 8. The fraction of sp³-hybridized carbons (Fsp3) is 0.667. The van der Waals surface area contributed by atoms with Gasteiger partial charge >= 0.3 is 23.9 Å². The van der Waals surface area contributed by atoms with Crippen molar-refractivity contribution >= 4 is 94.6 Å². The molecule has 7 fully saturated rings. The van der Waals surface area contributed by atoms with E-state index in [0.29, 0.717) is 17.1 Å². The summed E-state index contributed by atoms with van der Waals surface area (Å²) >= 11 is 6.41. The van der Waals surface area contributed by atoms with E-state index in [4.69, 9.17) is 20.4 Å². The third-order valence-corrected chi connectivity index (χ3v) is 17.7. The maximum absolute atomic E-state index is 11.5. The average molecular weight is 857 g/mol. The number of β-lactam (4-membered cyclic amide) rings is 4. The molecule has 0 bridgehead atoms. The van der Waals surface area contributed by atoms with E-state index in [1.807, 2.05) is 55.4 Å². The molecular weight excluding hydrogens is 809 g/mol. The summed E-state index contributed by atoms with van der Waals surface area (Å²) in [7, 11) is 0. The molecule has 4 N–H and O–H groups in total. The minimum absolute atomic E-state index is 0.0244. The van der Waals surface area contributed by atoms with Crippen molar-refractivity contribution < 1.29 is 58.8 Å². The maximum atomic E-state index is 11.5. The summed E-state index contributed by atoms with van der Waals surface area (Å²) in [6.45, 7) is 20.4. The Kier molecular flexibility index (Phi) is 12.1. The van der Waals surface area contributed by atoms with E-state index in [9.17, 15) is 38.4 Å². The Bertz CT molecular complexity index is 1760. The number of nitrogens with zero attached hydrogens (tertiary/aromatic N) is 4. The lowest BCUT2D eigenvalue weighted by atomic mass is 9.93. The standard InChI is InChI=1S/2C9H13NO3S.2C9H11NO3S/c2*1-4-6(11)10-5(8(12)13)9(2,3)14-7(4)10;2*1-4-3-14-8-5(2)7(11)10(8)6(4)9(12)13/h2*4-5,7H,1-3H3,(H,12,13);5,8H,3H2,1-2H3,(H,12,13);5-6,8H,1,3H2,2H3,(H,12,13)/t2*4-,5+,7-;5-,8-;5-,6?,8-/m1111/s1. The van der Waals surface area contributed by atoms with Gasteiger partial charge in [0, 0.05) is 21.0 Å². The molecule has 56 heavy (non-hydrogen) atoms. The van der Waals surface area contributed by atoms with Gasteiger partial charge in [-0.25, -0.2) is 19.2 Å². The van der Waals surface area contributed by atoms with Crippen LogP contribution in [0.15, 0.2) is 23.4 Å². The zero-order chi connectivity index (χ0) is 42.3. The number of hydrogen-bond acceptors (Lipinski definition) is 12. The highest BCUT2D eigenvalue weighted by Gasteiger charge is 2.63. The van der Waals surface area contributed by atoms with Crippen LogP contribution >= 0.6 is 47.0 Å². The highest BCUT2D eigenvalue weighted by atomic mass is 32.2. The Morgan fingerprint density at radius 2 is 1.00 bits per heavy atom. The van der Waals surface area contributed by atoms with E-state index >= 15 is 0 Å². The Labute approximate surface area is 341 Å². The van der Waals surface area contributed by atoms with Crippen LogP contribution in [-0.4, -0.2) is 148 Å². The monoisotopic (exact) mass is 856 g/mol. The van der Waals surface area contributed by atoms with Gasteiger partial charge in [0.1, 0.15) is 17.8 Å². The first-order valence-electron chi connectivity index (χ1n) is 18.0. The lowest BCUT2D eigenvalue weighted by molar-refractivity contribution is -0.162. The number of carbonyl (C=O) groups excluding carboxylic acids is 4. The molecule has 0 aromatic rings. The molecule has 0 spiro atoms. The SMILES string of the molecule is C=C1CS[C@@H]2[C@H](C)C(=O)N2C1C(=O)O.CC1=C(C(=O)O)N2C(=O)[C@@H](C)[C@H]2SC1.C[C@@H]1C(=O)N2[C@@H]1SC(C)(C)[C@@H]2C(=O)O.C[C@@H]1C(=O)N2[C@@H]1SC(C)(C)[C@@H]2C(=O)O. The number of hydrogen-bond donors (Lipinski definition) is 4. The first-order chi connectivity index (χ1) is 25.8. The summed E-state index contributed by atoms with van der Waals surface area (Å²) in [6.07, 6.45) is 0. The number of carboxylic acids is 4. The molecular formula is C36H48N4O12S4. The summed E-state index contributed by atoms with van der Waals surface area (Å²) < 4.78 is -0.756. The van der Waals surface area contributed by atoms with Crippen LogP contribution in [-0.2, 0) is 38.4 Å². The molecule has 0 aromatic carbocycles. The summed E-state index contributed by atoms with van der Waals surface area (Å²) in [5.74, 6) is -2.75. The topological polar surface area (TPSA) is 230 Å². The molecule has 8 aliphatic heterocycles. The number of rotatable bonds is 4. The molecule has 11 atom stereocenters. The van der Waals surface area contributed by atoms with Crippen molar-refractivity contribution in [2.24, 2.45) is 23.7 Å². The summed E-state index contributed by atoms with van der Waals surface area (Å²) in [5, 5.41) is 36.3. The predicted molar refractivity (Wildman–Crippen MR) is 211 cm³/mol. The van der Waals surface area contributed by atoms with Gasteiger partial charge in [0.2, 0.25) is 23.6 Å². The molecule has 1 unspecified atom stereocenters. The summed E-state index contributed by atoms with van der Waals surface area (Å²) in [4.78, 5) is 95.8. The fourth-order valence-electron chi connectivity index (χ4n) is 8.14. The first-order valence-corrected chi connectivity index (χ1v) is 21.8. The number of fused-ring (bicyclic) bond motifs is 4. The van der Waals surface area contributed by atoms with Crippen molar-refractivity contribution in [1.82, 2.24) is 19.6 Å². The Hall–Kier alpha value is -3.36. The van der Waals surface area contributed by atoms with Crippen molar-refractivity contribution in [3.05, 3.63) is 23.4 Å². The Morgan fingerprint density at radius 3 is 1.41 bits per heavy atom. The van der Waals surface area contributed by atoms with Crippen LogP contribution < -0.4 is 0 Å². The third kappa shape index (κ3) is 7.09. The first kappa shape index (κ1) is 43.8. The normalized spacial score (nSPS) is 36.5. The molecule has 7 saturated heterocycles. The highest BCUT2D eigenvalue weighted by Crippen LogP contribution is 2.54. The maximum Gasteiger partial charge on any atom is 0.352 e. The van der Waals surface area contributed by atoms with Crippen LogP contribution in [0.2, 0.25) is 0 Å². The average Bonchev–Trinajstić information content (AvgIpc) is 3.55. The van der Waals surface area contributed by atoms with Gasteiger partial charge in [0.05, 0.1) is 45.2 Å². The molecule has 0 radical (unpaired) electrons. The second-order valence-electron chi connectivity index (χ2n) is 16.0. The number of aliphatic carboxylic acids is 4. The second kappa shape index (κ2) is 15.4. The van der Waals surface area contributed by atoms with Gasteiger partial charge in [0.15, 0.2) is 6.04 Å². The van der Waals surface area contributed by atoms with Crippen molar-refractivity contribution in [2.75, 3.05) is 11.5 Å². The van der Waals surface area contributed by atoms with Gasteiger partial charge in [-0.2, -0.15) is 0 Å². The van der Waals surface area contributed by atoms with E-state index < -0.39 is 42.0 Å². The van der Waals surface area contributed by atoms with E-state index in [1.54, 1.807) is 54.0 Å². The lowest BCUT2D eigenvalue weighted by Gasteiger charge is -2.51. The molecule has 16 nitrogen and oxygen atoms in total. The van der Waals surface area contributed by atoms with Gasteiger partial charge in [-0.15, -0.1) is 47.0 Å². The highest BCUT2D eigenvalue weighted by molar-refractivity contribution is 8.02. The molecule has 308 valence electrons. The molecule has 20 heteroatoms. The van der Waals surface area contributed by atoms with Gasteiger partial charge in [-0.3, -0.25) is 24.1 Å². The van der Waals surface area contributed by atoms with Crippen molar-refractivity contribution in [3.63, 3.8) is 0 Å². The van der Waals surface area contributed by atoms with Crippen molar-refractivity contribution in [2.45, 2.75) is 111 Å². The van der Waals surface area contributed by atoms with E-state index in [1.165, 1.54) is 19.6 Å². The van der Waals surface area contributed by atoms with Crippen LogP contribution in [0.5, 0.6) is 0 Å². The molecule has 8 heterocycles. The third-order valence-electron chi connectivity index (χ3n) is 11.2. The van der Waals surface area contributed by atoms with Crippen LogP contribution in [0.4, 0.5) is 0 Å². The largest absolute Gasteiger partial charge is 0.480 e. The van der Waals surface area contributed by atoms with Gasteiger partial charge in [-0.05, 0) is 45.8 Å². The van der Waals surface area contributed by atoms with E-state index in [2.05, 4.69) is 6.58 Å². The minimum atomic E-state index is -0.993. The minimum Gasteiger partial charge on any atom is -0.480 e. The summed E-state index contributed by atoms with van der Waals surface area (Å²) in [5.41, 5.74) is 1.58. The van der Waals surface area contributed by atoms with E-state index in [-0.39, 0.29) is 84.0 Å². The molecule has 8 rings (SSSR count). The molecule has 0 aromatic heterocycles. The molecule has 8 aliphatic rings. The fourth-order valence-corrected chi connectivity index (χ4v) is 14.0. The zero-order valence-corrected chi connectivity index (χ0v) is 35.7. The molecule has 0 saturated carbocycles. The van der Waals surface area contributed by atoms with E-state index in [0.717, 1.165) is 5.57 Å². The molecule has 0 aliphatic carbocycles. The van der Waals surface area contributed by atoms with Crippen LogP contribution in [0, 0.1) is 23.7 Å². The number of carboxylic acid groups (broad SMARTS) is 4. The smallest absolute Gasteiger partial charge is 0.352 e. The van der Waals surface area contributed by atoms with Gasteiger partial charge < -0.3 is 35.1 Å². The molecule has 4 amide bonds. The van der Waals surface area contributed by atoms with Crippen molar-refractivity contribution in [3.8, 4) is 0 Å². The van der Waals surface area contributed by atoms with Gasteiger partial charge in [0.25, 0.3) is 0 Å².